The summed E-state index contributed by atoms with van der Waals surface area (Å²) in [6.07, 6.45) is 0. The van der Waals surface area contributed by atoms with E-state index in [1.165, 1.54) is 34.0 Å². The topological polar surface area (TPSA) is 16.3 Å². The van der Waals surface area contributed by atoms with E-state index in [9.17, 15) is 0 Å². The van der Waals surface area contributed by atoms with Crippen molar-refractivity contribution in [2.45, 2.75) is 13.3 Å². The summed E-state index contributed by atoms with van der Waals surface area (Å²) in [6.45, 7) is 6.49. The van der Waals surface area contributed by atoms with Crippen LogP contribution in [-0.4, -0.2) is 68.1 Å². The Hall–Kier alpha value is -0.470. The Morgan fingerprint density at radius 1 is 0.750 bits per heavy atom. The molecule has 2 aliphatic rings. The molecule has 0 atom stereocenters. The van der Waals surface area contributed by atoms with Crippen molar-refractivity contribution in [1.82, 2.24) is 18.9 Å². The number of thioether (sulfide) groups is 2. The molecule has 0 amide bonds. The fraction of sp³-hybridized carbons (Fsp3) is 0.588. The fourth-order valence-electron chi connectivity index (χ4n) is 3.43. The number of para-hydroxylation sites is 2. The van der Waals surface area contributed by atoms with Crippen LogP contribution in [0, 0.1) is 4.77 Å². The molecular weight excluding hydrogens is 356 g/mol. The van der Waals surface area contributed by atoms with Gasteiger partial charge in [-0.1, -0.05) is 12.1 Å². The molecule has 2 aromatic rings. The Morgan fingerprint density at radius 3 is 1.58 bits per heavy atom. The van der Waals surface area contributed by atoms with Gasteiger partial charge < -0.3 is 9.13 Å². The van der Waals surface area contributed by atoms with Gasteiger partial charge in [0.15, 0.2) is 4.77 Å². The maximum absolute atomic E-state index is 5.89. The minimum Gasteiger partial charge on any atom is -0.303 e. The van der Waals surface area contributed by atoms with E-state index < -0.39 is 0 Å². The van der Waals surface area contributed by atoms with E-state index in [0.717, 1.165) is 44.3 Å². The highest BCUT2D eigenvalue weighted by Gasteiger charge is 2.17. The molecule has 0 aliphatic carbocycles. The van der Waals surface area contributed by atoms with Crippen LogP contribution in [0.4, 0.5) is 0 Å². The maximum atomic E-state index is 5.89. The van der Waals surface area contributed by atoms with Crippen LogP contribution in [0.25, 0.3) is 11.0 Å². The molecule has 1 aromatic heterocycles. The van der Waals surface area contributed by atoms with Gasteiger partial charge in [0.1, 0.15) is 0 Å². The van der Waals surface area contributed by atoms with Crippen LogP contribution in [0.2, 0.25) is 0 Å². The molecule has 0 unspecified atom stereocenters. The van der Waals surface area contributed by atoms with Crippen molar-refractivity contribution in [1.29, 1.82) is 0 Å². The first kappa shape index (κ1) is 17.0. The number of hydrogen-bond donors (Lipinski definition) is 0. The molecule has 130 valence electrons. The molecule has 2 fully saturated rings. The molecule has 1 aromatic carbocycles. The van der Waals surface area contributed by atoms with Crippen LogP contribution in [0.5, 0.6) is 0 Å². The van der Waals surface area contributed by atoms with Crippen LogP contribution in [0.1, 0.15) is 0 Å². The maximum Gasteiger partial charge on any atom is 0.183 e. The van der Waals surface area contributed by atoms with Crippen molar-refractivity contribution < 1.29 is 0 Å². The predicted octanol–water partition coefficient (Wildman–Crippen LogP) is 3.18. The Balaban J connectivity index is 1.65. The second-order valence-corrected chi connectivity index (χ2v) is 9.19. The predicted molar refractivity (Wildman–Crippen MR) is 109 cm³/mol. The van der Waals surface area contributed by atoms with Crippen molar-refractivity contribution in [3.63, 3.8) is 0 Å². The van der Waals surface area contributed by atoms with Gasteiger partial charge in [-0.2, -0.15) is 23.5 Å². The minimum absolute atomic E-state index is 0.919. The van der Waals surface area contributed by atoms with Crippen molar-refractivity contribution in [3.05, 3.63) is 29.0 Å². The number of rotatable bonds is 4. The SMILES string of the molecule is S=c1n(CN2CCSCC2)c2ccccc2n1CN1CCSCC1. The average molecular weight is 381 g/mol. The first-order chi connectivity index (χ1) is 11.8. The molecule has 0 radical (unpaired) electrons. The number of benzene rings is 1. The highest BCUT2D eigenvalue weighted by Crippen LogP contribution is 2.21. The standard InChI is InChI=1S/C17H24N4S3/c22-17-20(13-18-5-9-23-10-6-18)15-3-1-2-4-16(15)21(17)14-19-7-11-24-12-8-19/h1-4H,5-14H2. The van der Waals surface area contributed by atoms with Crippen LogP contribution in [0.15, 0.2) is 24.3 Å². The van der Waals surface area contributed by atoms with Gasteiger partial charge in [0, 0.05) is 49.2 Å². The molecular formula is C17H24N4S3. The molecule has 24 heavy (non-hydrogen) atoms. The summed E-state index contributed by atoms with van der Waals surface area (Å²) in [5.74, 6) is 4.93. The summed E-state index contributed by atoms with van der Waals surface area (Å²) >= 11 is 10.0. The summed E-state index contributed by atoms with van der Waals surface area (Å²) in [5, 5.41) is 0. The van der Waals surface area contributed by atoms with Crippen molar-refractivity contribution in [3.8, 4) is 0 Å². The first-order valence-corrected chi connectivity index (χ1v) is 11.3. The minimum atomic E-state index is 0.919. The van der Waals surface area contributed by atoms with Crippen molar-refractivity contribution >= 4 is 46.8 Å². The van der Waals surface area contributed by atoms with Gasteiger partial charge in [-0.3, -0.25) is 9.80 Å². The van der Waals surface area contributed by atoms with Crippen molar-refractivity contribution in [2.75, 3.05) is 49.2 Å². The summed E-state index contributed by atoms with van der Waals surface area (Å²) < 4.78 is 5.63. The fourth-order valence-corrected chi connectivity index (χ4v) is 5.70. The number of aromatic nitrogens is 2. The Bertz CT molecular complexity index is 682. The van der Waals surface area contributed by atoms with Crippen LogP contribution in [0.3, 0.4) is 0 Å². The van der Waals surface area contributed by atoms with Gasteiger partial charge in [0.05, 0.1) is 24.4 Å². The highest BCUT2D eigenvalue weighted by molar-refractivity contribution is 7.99. The Kier molecular flexibility index (Phi) is 5.53. The highest BCUT2D eigenvalue weighted by atomic mass is 32.2. The second kappa shape index (κ2) is 7.83. The summed E-state index contributed by atoms with van der Waals surface area (Å²) in [7, 11) is 0. The number of fused-ring (bicyclic) bond motifs is 1. The van der Waals surface area contributed by atoms with Gasteiger partial charge in [-0.15, -0.1) is 0 Å². The van der Waals surface area contributed by atoms with Crippen LogP contribution in [-0.2, 0) is 13.3 Å². The zero-order valence-electron chi connectivity index (χ0n) is 13.9. The number of imidazole rings is 1. The molecule has 2 aliphatic heterocycles. The van der Waals surface area contributed by atoms with Crippen molar-refractivity contribution in [2.24, 2.45) is 0 Å². The zero-order chi connectivity index (χ0) is 16.4. The van der Waals surface area contributed by atoms with Gasteiger partial charge >= 0.3 is 0 Å². The smallest absolute Gasteiger partial charge is 0.183 e. The third-order valence-corrected chi connectivity index (χ3v) is 7.14. The van der Waals surface area contributed by atoms with E-state index in [1.54, 1.807) is 0 Å². The molecule has 0 N–H and O–H groups in total. The third-order valence-electron chi connectivity index (χ3n) is 4.82. The van der Waals surface area contributed by atoms with E-state index in [4.69, 9.17) is 12.2 Å². The number of nitrogens with zero attached hydrogens (tertiary/aromatic N) is 4. The summed E-state index contributed by atoms with van der Waals surface area (Å²) in [6, 6.07) is 8.68. The summed E-state index contributed by atoms with van der Waals surface area (Å²) in [5.41, 5.74) is 2.54. The lowest BCUT2D eigenvalue weighted by Crippen LogP contribution is -2.35. The molecule has 7 heteroatoms. The van der Waals surface area contributed by atoms with Crippen LogP contribution < -0.4 is 0 Å². The molecule has 0 spiro atoms. The molecule has 0 bridgehead atoms. The van der Waals surface area contributed by atoms with E-state index in [-0.39, 0.29) is 0 Å². The molecule has 3 heterocycles. The zero-order valence-corrected chi connectivity index (χ0v) is 16.3. The lowest BCUT2D eigenvalue weighted by molar-refractivity contribution is 0.228. The Labute approximate surface area is 157 Å². The lowest BCUT2D eigenvalue weighted by Gasteiger charge is -2.27. The molecule has 4 rings (SSSR count). The van der Waals surface area contributed by atoms with E-state index in [1.807, 2.05) is 0 Å². The largest absolute Gasteiger partial charge is 0.303 e. The second-order valence-electron chi connectivity index (χ2n) is 6.37. The van der Waals surface area contributed by atoms with Gasteiger partial charge in [-0.25, -0.2) is 0 Å². The number of hydrogen-bond acceptors (Lipinski definition) is 5. The van der Waals surface area contributed by atoms with Gasteiger partial charge in [-0.05, 0) is 24.4 Å². The first-order valence-electron chi connectivity index (χ1n) is 8.61. The third kappa shape index (κ3) is 3.55. The van der Waals surface area contributed by atoms with E-state index in [0.29, 0.717) is 0 Å². The Morgan fingerprint density at radius 2 is 1.17 bits per heavy atom. The monoisotopic (exact) mass is 380 g/mol. The lowest BCUT2D eigenvalue weighted by atomic mass is 10.3. The quantitative estimate of drug-likeness (QED) is 0.755. The van der Waals surface area contributed by atoms with Gasteiger partial charge in [0.2, 0.25) is 0 Å². The van der Waals surface area contributed by atoms with Gasteiger partial charge in [0.25, 0.3) is 0 Å². The molecule has 0 saturated carbocycles. The van der Waals surface area contributed by atoms with E-state index in [2.05, 4.69) is 66.7 Å². The van der Waals surface area contributed by atoms with E-state index >= 15 is 0 Å². The molecule has 2 saturated heterocycles. The summed E-state index contributed by atoms with van der Waals surface area (Å²) in [4.78, 5) is 5.06. The normalized spacial score (nSPS) is 20.7. The van der Waals surface area contributed by atoms with Crippen LogP contribution >= 0.6 is 35.7 Å². The molecule has 4 nitrogen and oxygen atoms in total. The average Bonchev–Trinajstić information content (AvgIpc) is 2.90.